The standard InChI is InChI=1S/C10H15N5OS/c1-3-12-8(16)6-15(2)10-7(9(11)17)4-5-13-14-10/h4-5H,3,6H2,1-2H3,(H2,11,17)(H,12,16). The van der Waals surface area contributed by atoms with Crippen molar-refractivity contribution in [2.75, 3.05) is 25.0 Å². The molecule has 0 aromatic carbocycles. The number of nitrogens with two attached hydrogens (primary N) is 1. The maximum atomic E-state index is 11.4. The molecule has 0 aliphatic heterocycles. The quantitative estimate of drug-likeness (QED) is 0.700. The smallest absolute Gasteiger partial charge is 0.239 e. The second-order valence-corrected chi connectivity index (χ2v) is 3.88. The minimum Gasteiger partial charge on any atom is -0.389 e. The molecule has 0 aliphatic rings. The molecule has 1 heterocycles. The van der Waals surface area contributed by atoms with E-state index in [1.807, 2.05) is 6.92 Å². The summed E-state index contributed by atoms with van der Waals surface area (Å²) in [7, 11) is 1.74. The van der Waals surface area contributed by atoms with E-state index < -0.39 is 0 Å². The van der Waals surface area contributed by atoms with Gasteiger partial charge in [-0.05, 0) is 13.0 Å². The molecule has 7 heteroatoms. The van der Waals surface area contributed by atoms with Crippen molar-refractivity contribution >= 4 is 28.9 Å². The first-order valence-corrected chi connectivity index (χ1v) is 5.56. The van der Waals surface area contributed by atoms with Gasteiger partial charge in [0.05, 0.1) is 18.3 Å². The zero-order valence-corrected chi connectivity index (χ0v) is 10.6. The van der Waals surface area contributed by atoms with Crippen LogP contribution in [0.2, 0.25) is 0 Å². The lowest BCUT2D eigenvalue weighted by Gasteiger charge is -2.19. The third kappa shape index (κ3) is 3.63. The van der Waals surface area contributed by atoms with Gasteiger partial charge in [-0.15, -0.1) is 5.10 Å². The van der Waals surface area contributed by atoms with Crippen LogP contribution in [0.3, 0.4) is 0 Å². The van der Waals surface area contributed by atoms with Gasteiger partial charge in [-0.25, -0.2) is 0 Å². The van der Waals surface area contributed by atoms with E-state index in [1.165, 1.54) is 6.20 Å². The number of amides is 1. The van der Waals surface area contributed by atoms with Crippen LogP contribution in [0, 0.1) is 0 Å². The van der Waals surface area contributed by atoms with Gasteiger partial charge in [-0.3, -0.25) is 4.79 Å². The molecule has 0 fully saturated rings. The molecule has 0 saturated carbocycles. The Morgan fingerprint density at radius 2 is 2.35 bits per heavy atom. The molecular formula is C10H15N5OS. The first-order valence-electron chi connectivity index (χ1n) is 5.15. The number of nitrogens with one attached hydrogen (secondary N) is 1. The van der Waals surface area contributed by atoms with E-state index in [9.17, 15) is 4.79 Å². The molecule has 1 aromatic heterocycles. The zero-order chi connectivity index (χ0) is 12.8. The van der Waals surface area contributed by atoms with Crippen molar-refractivity contribution in [1.82, 2.24) is 15.5 Å². The Morgan fingerprint density at radius 1 is 1.65 bits per heavy atom. The largest absolute Gasteiger partial charge is 0.389 e. The molecule has 0 spiro atoms. The predicted octanol–water partition coefficient (Wildman–Crippen LogP) is -0.317. The number of hydrogen-bond donors (Lipinski definition) is 2. The number of carbonyl (C=O) groups excluding carboxylic acids is 1. The van der Waals surface area contributed by atoms with E-state index in [-0.39, 0.29) is 17.4 Å². The Hall–Kier alpha value is -1.76. The minimum atomic E-state index is -0.0884. The third-order valence-electron chi connectivity index (χ3n) is 2.08. The molecule has 0 atom stereocenters. The van der Waals surface area contributed by atoms with Crippen molar-refractivity contribution in [3.05, 3.63) is 17.8 Å². The average molecular weight is 253 g/mol. The maximum Gasteiger partial charge on any atom is 0.239 e. The van der Waals surface area contributed by atoms with Crippen molar-refractivity contribution in [1.29, 1.82) is 0 Å². The van der Waals surface area contributed by atoms with Crippen LogP contribution in [0.1, 0.15) is 12.5 Å². The topological polar surface area (TPSA) is 84.1 Å². The van der Waals surface area contributed by atoms with Crippen LogP contribution >= 0.6 is 12.2 Å². The number of aromatic nitrogens is 2. The van der Waals surface area contributed by atoms with Gasteiger partial charge in [0, 0.05) is 13.6 Å². The van der Waals surface area contributed by atoms with Gasteiger partial charge in [0.2, 0.25) is 5.91 Å². The highest BCUT2D eigenvalue weighted by Crippen LogP contribution is 2.13. The van der Waals surface area contributed by atoms with Gasteiger partial charge in [-0.2, -0.15) is 5.10 Å². The van der Waals surface area contributed by atoms with Crippen LogP contribution in [0.25, 0.3) is 0 Å². The summed E-state index contributed by atoms with van der Waals surface area (Å²) in [6.45, 7) is 2.64. The van der Waals surface area contributed by atoms with Crippen LogP contribution in [-0.4, -0.2) is 41.2 Å². The lowest BCUT2D eigenvalue weighted by Crippen LogP contribution is -2.36. The Kier molecular flexibility index (Phi) is 4.77. The number of nitrogens with zero attached hydrogens (tertiary/aromatic N) is 3. The molecule has 1 aromatic rings. The highest BCUT2D eigenvalue weighted by Gasteiger charge is 2.13. The molecule has 3 N–H and O–H groups in total. The van der Waals surface area contributed by atoms with Crippen molar-refractivity contribution in [2.45, 2.75) is 6.92 Å². The van der Waals surface area contributed by atoms with E-state index in [0.717, 1.165) is 0 Å². The van der Waals surface area contributed by atoms with Gasteiger partial charge in [0.25, 0.3) is 0 Å². The van der Waals surface area contributed by atoms with Crippen molar-refractivity contribution in [3.8, 4) is 0 Å². The summed E-state index contributed by atoms with van der Waals surface area (Å²) in [4.78, 5) is 13.3. The number of rotatable bonds is 5. The summed E-state index contributed by atoms with van der Waals surface area (Å²) in [5.74, 6) is 0.417. The Morgan fingerprint density at radius 3 is 2.94 bits per heavy atom. The first-order chi connectivity index (χ1) is 8.06. The third-order valence-corrected chi connectivity index (χ3v) is 2.30. The van der Waals surface area contributed by atoms with Crippen LogP contribution in [0.5, 0.6) is 0 Å². The molecule has 1 amide bonds. The summed E-state index contributed by atoms with van der Waals surface area (Å²) in [5.41, 5.74) is 6.19. The fourth-order valence-electron chi connectivity index (χ4n) is 1.34. The Labute approximate surface area is 105 Å². The lowest BCUT2D eigenvalue weighted by molar-refractivity contribution is -0.119. The average Bonchev–Trinajstić information content (AvgIpc) is 2.29. The van der Waals surface area contributed by atoms with Gasteiger partial charge >= 0.3 is 0 Å². The monoisotopic (exact) mass is 253 g/mol. The number of thiocarbonyl (C=S) groups is 1. The second-order valence-electron chi connectivity index (χ2n) is 3.44. The first kappa shape index (κ1) is 13.3. The predicted molar refractivity (Wildman–Crippen MR) is 69.9 cm³/mol. The number of carbonyl (C=O) groups is 1. The fourth-order valence-corrected chi connectivity index (χ4v) is 1.50. The van der Waals surface area contributed by atoms with Gasteiger partial charge in [-0.1, -0.05) is 12.2 Å². The molecule has 6 nitrogen and oxygen atoms in total. The van der Waals surface area contributed by atoms with E-state index in [4.69, 9.17) is 18.0 Å². The summed E-state index contributed by atoms with van der Waals surface area (Å²) < 4.78 is 0. The van der Waals surface area contributed by atoms with Crippen LogP contribution < -0.4 is 16.0 Å². The SMILES string of the molecule is CCNC(=O)CN(C)c1nnccc1C(N)=S. The molecule has 0 saturated heterocycles. The highest BCUT2D eigenvalue weighted by atomic mass is 32.1. The summed E-state index contributed by atoms with van der Waals surface area (Å²) in [6, 6.07) is 1.68. The zero-order valence-electron chi connectivity index (χ0n) is 9.80. The second kappa shape index (κ2) is 6.09. The molecule has 17 heavy (non-hydrogen) atoms. The summed E-state index contributed by atoms with van der Waals surface area (Å²) in [5, 5.41) is 10.4. The number of likely N-dealkylation sites (N-methyl/N-ethyl adjacent to an activating group) is 2. The van der Waals surface area contributed by atoms with Crippen molar-refractivity contribution in [3.63, 3.8) is 0 Å². The summed E-state index contributed by atoms with van der Waals surface area (Å²) in [6.07, 6.45) is 1.51. The van der Waals surface area contributed by atoms with E-state index >= 15 is 0 Å². The highest BCUT2D eigenvalue weighted by molar-refractivity contribution is 7.80. The van der Waals surface area contributed by atoms with Crippen molar-refractivity contribution in [2.24, 2.45) is 5.73 Å². The molecule has 0 unspecified atom stereocenters. The van der Waals surface area contributed by atoms with Crippen molar-refractivity contribution < 1.29 is 4.79 Å². The van der Waals surface area contributed by atoms with Crippen LogP contribution in [-0.2, 0) is 4.79 Å². The Balaban J connectivity index is 2.85. The molecule has 0 radical (unpaired) electrons. The maximum absolute atomic E-state index is 11.4. The molecule has 0 bridgehead atoms. The van der Waals surface area contributed by atoms with Crippen LogP contribution in [0.4, 0.5) is 5.82 Å². The van der Waals surface area contributed by atoms with E-state index in [1.54, 1.807) is 18.0 Å². The number of anilines is 1. The lowest BCUT2D eigenvalue weighted by atomic mass is 10.2. The minimum absolute atomic E-state index is 0.0884. The number of hydrogen-bond acceptors (Lipinski definition) is 5. The fraction of sp³-hybridized carbons (Fsp3) is 0.400. The summed E-state index contributed by atoms with van der Waals surface area (Å²) >= 11 is 4.92. The Bertz CT molecular complexity index is 423. The van der Waals surface area contributed by atoms with Gasteiger partial charge < -0.3 is 16.0 Å². The normalized spacial score (nSPS) is 9.76. The van der Waals surface area contributed by atoms with E-state index in [0.29, 0.717) is 17.9 Å². The molecule has 0 aliphatic carbocycles. The van der Waals surface area contributed by atoms with Gasteiger partial charge in [0.15, 0.2) is 5.82 Å². The molecular weight excluding hydrogens is 238 g/mol. The molecule has 92 valence electrons. The van der Waals surface area contributed by atoms with Gasteiger partial charge in [0.1, 0.15) is 4.99 Å². The van der Waals surface area contributed by atoms with Crippen LogP contribution in [0.15, 0.2) is 12.3 Å². The van der Waals surface area contributed by atoms with E-state index in [2.05, 4.69) is 15.5 Å². The molecule has 1 rings (SSSR count).